The van der Waals surface area contributed by atoms with E-state index in [0.717, 1.165) is 11.3 Å². The fourth-order valence-corrected chi connectivity index (χ4v) is 2.42. The van der Waals surface area contributed by atoms with E-state index >= 15 is 0 Å². The summed E-state index contributed by atoms with van der Waals surface area (Å²) in [6.07, 6.45) is 1.47. The van der Waals surface area contributed by atoms with Crippen LogP contribution < -0.4 is 16.4 Å². The van der Waals surface area contributed by atoms with Crippen LogP contribution in [0.25, 0.3) is 0 Å². The Kier molecular flexibility index (Phi) is 4.84. The molecule has 22 heavy (non-hydrogen) atoms. The number of carbonyl (C=O) groups excluding carboxylic acids is 3. The molecular formula is C14H13N3O4S. The van der Waals surface area contributed by atoms with Crippen LogP contribution in [0, 0.1) is 0 Å². The number of rotatable bonds is 4. The molecule has 114 valence electrons. The maximum absolute atomic E-state index is 11.8. The van der Waals surface area contributed by atoms with E-state index in [1.54, 1.807) is 18.2 Å². The summed E-state index contributed by atoms with van der Waals surface area (Å²) in [5.74, 6) is -1.19. The Morgan fingerprint density at radius 3 is 2.45 bits per heavy atom. The molecule has 2 aromatic rings. The number of carbonyl (C=O) groups is 3. The predicted octanol–water partition coefficient (Wildman–Crippen LogP) is 0.574. The van der Waals surface area contributed by atoms with Crippen LogP contribution >= 0.6 is 11.3 Å². The largest absolute Gasteiger partial charge is 0.306 e. The zero-order valence-electron chi connectivity index (χ0n) is 11.7. The number of amides is 2. The summed E-state index contributed by atoms with van der Waals surface area (Å²) < 4.78 is 1.21. The van der Waals surface area contributed by atoms with Crippen molar-refractivity contribution in [2.24, 2.45) is 0 Å². The van der Waals surface area contributed by atoms with Gasteiger partial charge in [-0.25, -0.2) is 0 Å². The molecule has 2 aromatic heterocycles. The van der Waals surface area contributed by atoms with E-state index in [-0.39, 0.29) is 17.9 Å². The summed E-state index contributed by atoms with van der Waals surface area (Å²) in [7, 11) is 0. The zero-order valence-corrected chi connectivity index (χ0v) is 12.5. The van der Waals surface area contributed by atoms with Crippen molar-refractivity contribution in [1.82, 2.24) is 15.4 Å². The van der Waals surface area contributed by atoms with Gasteiger partial charge in [-0.2, -0.15) is 0 Å². The Hall–Kier alpha value is -2.74. The van der Waals surface area contributed by atoms with Crippen LogP contribution in [0.2, 0.25) is 0 Å². The number of hydrogen-bond donors (Lipinski definition) is 2. The third-order valence-corrected chi connectivity index (χ3v) is 3.89. The van der Waals surface area contributed by atoms with Gasteiger partial charge in [0, 0.05) is 12.3 Å². The van der Waals surface area contributed by atoms with E-state index in [2.05, 4.69) is 10.9 Å². The average Bonchev–Trinajstić information content (AvgIpc) is 2.97. The molecule has 0 unspecified atom stereocenters. The number of hydrazine groups is 1. The lowest BCUT2D eigenvalue weighted by molar-refractivity contribution is -0.122. The van der Waals surface area contributed by atoms with Crippen LogP contribution in [0.4, 0.5) is 0 Å². The molecule has 0 saturated carbocycles. The van der Waals surface area contributed by atoms with Crippen LogP contribution in [0.5, 0.6) is 0 Å². The lowest BCUT2D eigenvalue weighted by atomic mass is 10.3. The molecule has 2 N–H and O–H groups in total. The second-order valence-corrected chi connectivity index (χ2v) is 5.47. The molecule has 2 amide bonds. The third kappa shape index (κ3) is 3.89. The Morgan fingerprint density at radius 2 is 1.82 bits per heavy atom. The minimum atomic E-state index is -0.537. The van der Waals surface area contributed by atoms with Gasteiger partial charge in [0.15, 0.2) is 5.78 Å². The number of ketones is 1. The van der Waals surface area contributed by atoms with E-state index in [0.29, 0.717) is 9.75 Å². The van der Waals surface area contributed by atoms with Gasteiger partial charge in [-0.3, -0.25) is 30.0 Å². The number of aromatic nitrogens is 1. The molecule has 2 rings (SSSR count). The lowest BCUT2D eigenvalue weighted by Crippen LogP contribution is -2.43. The van der Waals surface area contributed by atoms with Gasteiger partial charge >= 0.3 is 0 Å². The van der Waals surface area contributed by atoms with Gasteiger partial charge in [-0.05, 0) is 25.1 Å². The van der Waals surface area contributed by atoms with Crippen molar-refractivity contribution in [3.63, 3.8) is 0 Å². The third-order valence-electron chi connectivity index (χ3n) is 2.71. The van der Waals surface area contributed by atoms with Gasteiger partial charge in [0.2, 0.25) is 0 Å². The Balaban J connectivity index is 1.90. The summed E-state index contributed by atoms with van der Waals surface area (Å²) in [6.45, 7) is 1.20. The first-order chi connectivity index (χ1) is 10.5. The topological polar surface area (TPSA) is 97.3 Å². The van der Waals surface area contributed by atoms with Crippen molar-refractivity contribution >= 4 is 28.9 Å². The van der Waals surface area contributed by atoms with Crippen LogP contribution in [0.3, 0.4) is 0 Å². The zero-order chi connectivity index (χ0) is 16.1. The predicted molar refractivity (Wildman–Crippen MR) is 80.6 cm³/mol. The van der Waals surface area contributed by atoms with E-state index < -0.39 is 11.8 Å². The molecule has 0 spiro atoms. The normalized spacial score (nSPS) is 10.0. The van der Waals surface area contributed by atoms with Crippen LogP contribution in [-0.2, 0) is 11.3 Å². The summed E-state index contributed by atoms with van der Waals surface area (Å²) in [5, 5.41) is 0. The monoisotopic (exact) mass is 319 g/mol. The summed E-state index contributed by atoms with van der Waals surface area (Å²) in [6, 6.07) is 7.59. The molecule has 8 heteroatoms. The molecule has 7 nitrogen and oxygen atoms in total. The highest BCUT2D eigenvalue weighted by Gasteiger charge is 2.12. The van der Waals surface area contributed by atoms with Crippen LogP contribution in [0.1, 0.15) is 26.3 Å². The van der Waals surface area contributed by atoms with Crippen molar-refractivity contribution in [3.05, 3.63) is 56.6 Å². The van der Waals surface area contributed by atoms with E-state index in [1.165, 1.54) is 29.8 Å². The molecule has 2 heterocycles. The van der Waals surface area contributed by atoms with Crippen molar-refractivity contribution in [2.45, 2.75) is 13.5 Å². The molecule has 0 aromatic carbocycles. The molecule has 0 aliphatic heterocycles. The Bertz CT molecular complexity index is 778. The molecule has 0 fully saturated rings. The van der Waals surface area contributed by atoms with E-state index in [4.69, 9.17) is 0 Å². The SMILES string of the molecule is CC(=O)c1ccc(C(=O)NNC(=O)Cn2ccccc2=O)s1. The van der Waals surface area contributed by atoms with Gasteiger partial charge in [0.25, 0.3) is 17.4 Å². The fourth-order valence-electron chi connectivity index (χ4n) is 1.62. The standard InChI is InChI=1S/C14H13N3O4S/c1-9(18)10-5-6-11(22-10)14(21)16-15-12(19)8-17-7-3-2-4-13(17)20/h2-7H,8H2,1H3,(H,15,19)(H,16,21). The first-order valence-corrected chi connectivity index (χ1v) is 7.14. The molecule has 0 aliphatic rings. The lowest BCUT2D eigenvalue weighted by Gasteiger charge is -2.07. The first-order valence-electron chi connectivity index (χ1n) is 6.33. The molecule has 0 aliphatic carbocycles. The van der Waals surface area contributed by atoms with Gasteiger partial charge in [-0.15, -0.1) is 11.3 Å². The maximum atomic E-state index is 11.8. The Morgan fingerprint density at radius 1 is 1.09 bits per heavy atom. The number of nitrogens with zero attached hydrogens (tertiary/aromatic N) is 1. The van der Waals surface area contributed by atoms with Gasteiger partial charge in [0.1, 0.15) is 6.54 Å². The number of nitrogens with one attached hydrogen (secondary N) is 2. The quantitative estimate of drug-likeness (QED) is 0.636. The van der Waals surface area contributed by atoms with Gasteiger partial charge in [0.05, 0.1) is 9.75 Å². The highest BCUT2D eigenvalue weighted by Crippen LogP contribution is 2.16. The van der Waals surface area contributed by atoms with Gasteiger partial charge in [-0.1, -0.05) is 6.07 Å². The molecule has 0 atom stereocenters. The fraction of sp³-hybridized carbons (Fsp3) is 0.143. The van der Waals surface area contributed by atoms with Crippen LogP contribution in [0.15, 0.2) is 41.3 Å². The van der Waals surface area contributed by atoms with Crippen molar-refractivity contribution in [3.8, 4) is 0 Å². The molecular weight excluding hydrogens is 306 g/mol. The molecule has 0 radical (unpaired) electrons. The molecule has 0 bridgehead atoms. The highest BCUT2D eigenvalue weighted by molar-refractivity contribution is 7.15. The number of thiophene rings is 1. The smallest absolute Gasteiger partial charge is 0.279 e. The summed E-state index contributed by atoms with van der Waals surface area (Å²) in [5.41, 5.74) is 4.14. The van der Waals surface area contributed by atoms with Gasteiger partial charge < -0.3 is 4.57 Å². The second-order valence-electron chi connectivity index (χ2n) is 4.39. The van der Waals surface area contributed by atoms with E-state index in [1.807, 2.05) is 0 Å². The number of pyridine rings is 1. The molecule has 0 saturated heterocycles. The minimum absolute atomic E-state index is 0.128. The average molecular weight is 319 g/mol. The van der Waals surface area contributed by atoms with Crippen molar-refractivity contribution in [1.29, 1.82) is 0 Å². The summed E-state index contributed by atoms with van der Waals surface area (Å²) in [4.78, 5) is 46.9. The van der Waals surface area contributed by atoms with Crippen molar-refractivity contribution < 1.29 is 14.4 Å². The summed E-state index contributed by atoms with van der Waals surface area (Å²) >= 11 is 1.04. The first kappa shape index (κ1) is 15.6. The van der Waals surface area contributed by atoms with E-state index in [9.17, 15) is 19.2 Å². The van der Waals surface area contributed by atoms with Crippen LogP contribution in [-0.4, -0.2) is 22.2 Å². The highest BCUT2D eigenvalue weighted by atomic mass is 32.1. The second kappa shape index (κ2) is 6.81. The number of Topliss-reactive ketones (excluding diaryl/α,β-unsaturated/α-hetero) is 1. The maximum Gasteiger partial charge on any atom is 0.279 e. The minimum Gasteiger partial charge on any atom is -0.306 e. The van der Waals surface area contributed by atoms with Crippen molar-refractivity contribution in [2.75, 3.05) is 0 Å². The Labute approximate surface area is 129 Å². The number of hydrogen-bond acceptors (Lipinski definition) is 5.